The average molecular weight is 511 g/mol. The Bertz CT molecular complexity index is 1430. The summed E-state index contributed by atoms with van der Waals surface area (Å²) in [6, 6.07) is 16.0. The summed E-state index contributed by atoms with van der Waals surface area (Å²) in [5.74, 6) is 0.692. The Kier molecular flexibility index (Phi) is 6.67. The van der Waals surface area contributed by atoms with Crippen molar-refractivity contribution >= 4 is 39.6 Å². The van der Waals surface area contributed by atoms with Gasteiger partial charge in [0.05, 0.1) is 18.4 Å². The number of aromatic nitrogens is 3. The van der Waals surface area contributed by atoms with Gasteiger partial charge in [0.1, 0.15) is 5.75 Å². The smallest absolute Gasteiger partial charge is 0.321 e. The molecule has 0 spiro atoms. The van der Waals surface area contributed by atoms with Gasteiger partial charge in [-0.05, 0) is 30.3 Å². The Labute approximate surface area is 210 Å². The first kappa shape index (κ1) is 23.3. The molecule has 4 aromatic rings. The number of hydrogen-bond acceptors (Lipinski definition) is 7. The number of para-hydroxylation sites is 1. The van der Waals surface area contributed by atoms with Crippen molar-refractivity contribution in [2.24, 2.45) is 0 Å². The molecule has 35 heavy (non-hydrogen) atoms. The number of fused-ring (bicyclic) bond motifs is 1. The van der Waals surface area contributed by atoms with Crippen LogP contribution >= 0.6 is 22.9 Å². The number of halogens is 1. The molecule has 1 aliphatic rings. The Morgan fingerprint density at radius 2 is 1.91 bits per heavy atom. The van der Waals surface area contributed by atoms with E-state index >= 15 is 0 Å². The van der Waals surface area contributed by atoms with Crippen molar-refractivity contribution in [1.82, 2.24) is 24.4 Å². The van der Waals surface area contributed by atoms with Gasteiger partial charge in [-0.2, -0.15) is 9.61 Å². The maximum absolute atomic E-state index is 12.7. The fourth-order valence-corrected chi connectivity index (χ4v) is 5.12. The van der Waals surface area contributed by atoms with Crippen molar-refractivity contribution < 1.29 is 9.53 Å². The van der Waals surface area contributed by atoms with E-state index in [-0.39, 0.29) is 11.6 Å². The van der Waals surface area contributed by atoms with Gasteiger partial charge in [0.25, 0.3) is 5.56 Å². The second-order valence-electron chi connectivity index (χ2n) is 8.09. The van der Waals surface area contributed by atoms with Crippen LogP contribution in [-0.4, -0.2) is 63.7 Å². The third-order valence-corrected chi connectivity index (χ3v) is 6.93. The normalized spacial score (nSPS) is 14.3. The van der Waals surface area contributed by atoms with E-state index < -0.39 is 0 Å². The van der Waals surface area contributed by atoms with Crippen molar-refractivity contribution in [3.05, 3.63) is 75.7 Å². The minimum absolute atomic E-state index is 0.154. The first-order valence-corrected chi connectivity index (χ1v) is 12.3. The van der Waals surface area contributed by atoms with Crippen molar-refractivity contribution in [1.29, 1.82) is 0 Å². The number of anilines is 1. The predicted molar refractivity (Wildman–Crippen MR) is 136 cm³/mol. The molecule has 0 radical (unpaired) electrons. The van der Waals surface area contributed by atoms with E-state index in [9.17, 15) is 9.59 Å². The number of nitrogens with one attached hydrogen (secondary N) is 1. The zero-order chi connectivity index (χ0) is 24.4. The molecule has 1 saturated heterocycles. The van der Waals surface area contributed by atoms with Gasteiger partial charge >= 0.3 is 6.03 Å². The zero-order valence-corrected chi connectivity index (χ0v) is 20.6. The number of nitrogens with zero attached hydrogens (tertiary/aromatic N) is 5. The van der Waals surface area contributed by atoms with E-state index in [1.807, 2.05) is 24.3 Å². The number of methoxy groups -OCH3 is 1. The summed E-state index contributed by atoms with van der Waals surface area (Å²) in [6.45, 7) is 3.04. The summed E-state index contributed by atoms with van der Waals surface area (Å²) in [4.78, 5) is 34.5. The van der Waals surface area contributed by atoms with Gasteiger partial charge in [-0.3, -0.25) is 9.69 Å². The number of piperazine rings is 1. The quantitative estimate of drug-likeness (QED) is 0.438. The minimum Gasteiger partial charge on any atom is -0.496 e. The standard InChI is InChI=1S/C24H23ClN6O3S/c1-34-20-8-3-2-7-19(20)22-28-31-21(32)14-18(27-24(31)35-22)15-29-9-11-30(12-10-29)23(33)26-17-6-4-5-16(25)13-17/h2-8,13-14H,9-12,15H2,1H3,(H,26,33). The topological polar surface area (TPSA) is 92.1 Å². The highest BCUT2D eigenvalue weighted by atomic mass is 35.5. The maximum Gasteiger partial charge on any atom is 0.321 e. The van der Waals surface area contributed by atoms with Gasteiger partial charge in [-0.15, -0.1) is 0 Å². The SMILES string of the molecule is COc1ccccc1-c1nn2c(=O)cc(CN3CCN(C(=O)Nc4cccc(Cl)c4)CC3)nc2s1. The van der Waals surface area contributed by atoms with Crippen molar-refractivity contribution in [2.45, 2.75) is 6.54 Å². The summed E-state index contributed by atoms with van der Waals surface area (Å²) in [7, 11) is 1.61. The molecule has 180 valence electrons. The highest BCUT2D eigenvalue weighted by Crippen LogP contribution is 2.32. The van der Waals surface area contributed by atoms with Crippen LogP contribution in [0.25, 0.3) is 15.5 Å². The lowest BCUT2D eigenvalue weighted by molar-refractivity contribution is 0.142. The van der Waals surface area contributed by atoms with Gasteiger partial charge < -0.3 is 15.0 Å². The zero-order valence-electron chi connectivity index (χ0n) is 19.0. The number of carbonyl (C=O) groups excluding carboxylic acids is 1. The molecule has 5 rings (SSSR count). The largest absolute Gasteiger partial charge is 0.496 e. The number of hydrogen-bond donors (Lipinski definition) is 1. The number of urea groups is 1. The van der Waals surface area contributed by atoms with E-state index in [0.29, 0.717) is 64.8 Å². The second-order valence-corrected chi connectivity index (χ2v) is 9.48. The number of amides is 2. The minimum atomic E-state index is -0.220. The van der Waals surface area contributed by atoms with Gasteiger partial charge in [-0.1, -0.05) is 41.1 Å². The predicted octanol–water partition coefficient (Wildman–Crippen LogP) is 3.83. The van der Waals surface area contributed by atoms with Crippen LogP contribution < -0.4 is 15.6 Å². The molecular formula is C24H23ClN6O3S. The molecule has 0 atom stereocenters. The molecule has 11 heteroatoms. The monoisotopic (exact) mass is 510 g/mol. The summed E-state index contributed by atoms with van der Waals surface area (Å²) in [5, 5.41) is 8.58. The van der Waals surface area contributed by atoms with Crippen molar-refractivity contribution in [3.63, 3.8) is 0 Å². The third-order valence-electron chi connectivity index (χ3n) is 5.76. The van der Waals surface area contributed by atoms with Gasteiger partial charge in [-0.25, -0.2) is 9.78 Å². The van der Waals surface area contributed by atoms with Crippen LogP contribution in [0.2, 0.25) is 5.02 Å². The summed E-state index contributed by atoms with van der Waals surface area (Å²) in [6.07, 6.45) is 0. The third kappa shape index (κ3) is 5.14. The fourth-order valence-electron chi connectivity index (χ4n) is 3.97. The van der Waals surface area contributed by atoms with Gasteiger partial charge in [0, 0.05) is 49.5 Å². The Balaban J connectivity index is 1.25. The number of benzene rings is 2. The van der Waals surface area contributed by atoms with Crippen LogP contribution in [0.3, 0.4) is 0 Å². The summed E-state index contributed by atoms with van der Waals surface area (Å²) in [5.41, 5.74) is 1.95. The van der Waals surface area contributed by atoms with Crippen molar-refractivity contribution in [3.8, 4) is 16.3 Å². The lowest BCUT2D eigenvalue weighted by Crippen LogP contribution is -2.49. The number of carbonyl (C=O) groups is 1. The lowest BCUT2D eigenvalue weighted by Gasteiger charge is -2.34. The Morgan fingerprint density at radius 3 is 2.69 bits per heavy atom. The molecule has 1 N–H and O–H groups in total. The van der Waals surface area contributed by atoms with Crippen LogP contribution in [0, 0.1) is 0 Å². The summed E-state index contributed by atoms with van der Waals surface area (Å²) >= 11 is 7.34. The van der Waals surface area contributed by atoms with Gasteiger partial charge in [0.2, 0.25) is 4.96 Å². The number of rotatable bonds is 5. The van der Waals surface area contributed by atoms with Crippen LogP contribution in [0.4, 0.5) is 10.5 Å². The van der Waals surface area contributed by atoms with E-state index in [2.05, 4.69) is 20.3 Å². The first-order valence-electron chi connectivity index (χ1n) is 11.1. The molecule has 0 bridgehead atoms. The van der Waals surface area contributed by atoms with Crippen LogP contribution in [0.5, 0.6) is 5.75 Å². The highest BCUT2D eigenvalue weighted by molar-refractivity contribution is 7.19. The number of ether oxygens (including phenoxy) is 1. The van der Waals surface area contributed by atoms with E-state index in [4.69, 9.17) is 16.3 Å². The Morgan fingerprint density at radius 1 is 1.11 bits per heavy atom. The molecule has 1 fully saturated rings. The Hall–Kier alpha value is -3.47. The molecule has 3 heterocycles. The molecule has 0 unspecified atom stereocenters. The average Bonchev–Trinajstić information content (AvgIpc) is 3.29. The molecule has 0 saturated carbocycles. The van der Waals surface area contributed by atoms with Crippen LogP contribution in [-0.2, 0) is 6.54 Å². The summed E-state index contributed by atoms with van der Waals surface area (Å²) < 4.78 is 6.76. The molecule has 9 nitrogen and oxygen atoms in total. The first-order chi connectivity index (χ1) is 17.0. The maximum atomic E-state index is 12.7. The second kappa shape index (κ2) is 10.0. The fraction of sp³-hybridized carbons (Fsp3) is 0.250. The highest BCUT2D eigenvalue weighted by Gasteiger charge is 2.22. The molecule has 1 aliphatic heterocycles. The lowest BCUT2D eigenvalue weighted by atomic mass is 10.2. The molecule has 0 aliphatic carbocycles. The molecule has 2 amide bonds. The van der Waals surface area contributed by atoms with E-state index in [1.165, 1.54) is 21.9 Å². The van der Waals surface area contributed by atoms with Crippen LogP contribution in [0.15, 0.2) is 59.4 Å². The van der Waals surface area contributed by atoms with E-state index in [1.54, 1.807) is 36.3 Å². The molecular weight excluding hydrogens is 488 g/mol. The van der Waals surface area contributed by atoms with Crippen LogP contribution in [0.1, 0.15) is 5.69 Å². The van der Waals surface area contributed by atoms with E-state index in [0.717, 1.165) is 5.56 Å². The van der Waals surface area contributed by atoms with Gasteiger partial charge in [0.15, 0.2) is 5.01 Å². The van der Waals surface area contributed by atoms with Crippen molar-refractivity contribution in [2.75, 3.05) is 38.6 Å². The molecule has 2 aromatic carbocycles. The molecule has 2 aromatic heterocycles.